The molecule has 4 unspecified atom stereocenters. The van der Waals surface area contributed by atoms with E-state index in [0.29, 0.717) is 18.7 Å². The van der Waals surface area contributed by atoms with Gasteiger partial charge in [-0.3, -0.25) is 15.0 Å². The Hall–Kier alpha value is -2.26. The molecular weight excluding hydrogens is 408 g/mol. The van der Waals surface area contributed by atoms with Gasteiger partial charge >= 0.3 is 6.03 Å². The maximum Gasteiger partial charge on any atom is 0.322 e. The first kappa shape index (κ1) is 22.0. The summed E-state index contributed by atoms with van der Waals surface area (Å²) in [5, 5.41) is 17.3. The van der Waals surface area contributed by atoms with E-state index in [1.807, 2.05) is 25.1 Å². The summed E-state index contributed by atoms with van der Waals surface area (Å²) in [5.41, 5.74) is -1.68. The molecule has 1 aromatic carbocycles. The van der Waals surface area contributed by atoms with Crippen LogP contribution in [0.25, 0.3) is 0 Å². The predicted octanol–water partition coefficient (Wildman–Crippen LogP) is 2.09. The molecule has 3 amide bonds. The number of piperidine rings is 1. The number of nitrogens with zero attached hydrogens (tertiary/aromatic N) is 1. The average Bonchev–Trinajstić information content (AvgIpc) is 2.99. The van der Waals surface area contributed by atoms with Crippen molar-refractivity contribution in [3.63, 3.8) is 0 Å². The van der Waals surface area contributed by atoms with E-state index in [1.165, 1.54) is 0 Å². The fourth-order valence-electron chi connectivity index (χ4n) is 6.11. The van der Waals surface area contributed by atoms with Crippen molar-refractivity contribution in [3.05, 3.63) is 29.3 Å². The van der Waals surface area contributed by atoms with Crippen LogP contribution in [0.4, 0.5) is 13.6 Å². The molecule has 4 rings (SSSR count). The Kier molecular flexibility index (Phi) is 5.25. The van der Waals surface area contributed by atoms with Crippen molar-refractivity contribution in [1.29, 1.82) is 0 Å². The molecule has 9 heteroatoms. The molecule has 1 spiro atoms. The summed E-state index contributed by atoms with van der Waals surface area (Å²) in [6.07, 6.45) is -1.52. The molecule has 1 saturated carbocycles. The number of hydrogen-bond acceptors (Lipinski definition) is 5. The fraction of sp³-hybridized carbons (Fsp3) is 0.636. The molecule has 170 valence electrons. The molecule has 2 saturated heterocycles. The zero-order chi connectivity index (χ0) is 22.6. The number of fused-ring (bicyclic) bond motifs is 1. The third-order valence-corrected chi connectivity index (χ3v) is 7.78. The first-order chi connectivity index (χ1) is 14.6. The highest BCUT2D eigenvalue weighted by Crippen LogP contribution is 2.57. The molecule has 2 aliphatic heterocycles. The van der Waals surface area contributed by atoms with Crippen molar-refractivity contribution in [3.8, 4) is 5.75 Å². The van der Waals surface area contributed by atoms with Crippen LogP contribution in [0, 0.1) is 6.92 Å². The van der Waals surface area contributed by atoms with E-state index < -0.39 is 47.5 Å². The minimum Gasteiger partial charge on any atom is -0.497 e. The van der Waals surface area contributed by atoms with Crippen molar-refractivity contribution in [1.82, 2.24) is 15.5 Å². The van der Waals surface area contributed by atoms with Gasteiger partial charge in [0.1, 0.15) is 11.3 Å². The minimum absolute atomic E-state index is 0.189. The molecule has 2 heterocycles. The van der Waals surface area contributed by atoms with Crippen molar-refractivity contribution in [2.24, 2.45) is 0 Å². The number of amides is 3. The largest absolute Gasteiger partial charge is 0.497 e. The Balaban J connectivity index is 1.86. The molecule has 3 fully saturated rings. The van der Waals surface area contributed by atoms with E-state index in [0.717, 1.165) is 11.1 Å². The molecule has 7 nitrogen and oxygen atoms in total. The maximum absolute atomic E-state index is 13.2. The quantitative estimate of drug-likeness (QED) is 0.628. The van der Waals surface area contributed by atoms with Gasteiger partial charge < -0.3 is 15.2 Å². The number of aryl methyl sites for hydroxylation is 1. The summed E-state index contributed by atoms with van der Waals surface area (Å²) in [6.45, 7) is 3.63. The van der Waals surface area contributed by atoms with Crippen LogP contribution < -0.4 is 15.4 Å². The van der Waals surface area contributed by atoms with E-state index in [4.69, 9.17) is 4.74 Å². The van der Waals surface area contributed by atoms with Crippen LogP contribution in [0.15, 0.2) is 18.2 Å². The molecule has 4 atom stereocenters. The predicted molar refractivity (Wildman–Crippen MR) is 109 cm³/mol. The van der Waals surface area contributed by atoms with Gasteiger partial charge in [-0.15, -0.1) is 0 Å². The Labute approximate surface area is 180 Å². The summed E-state index contributed by atoms with van der Waals surface area (Å²) in [4.78, 5) is 26.4. The molecule has 0 aromatic heterocycles. The van der Waals surface area contributed by atoms with Crippen molar-refractivity contribution >= 4 is 11.9 Å². The van der Waals surface area contributed by atoms with E-state index in [2.05, 4.69) is 10.6 Å². The molecule has 3 N–H and O–H groups in total. The smallest absolute Gasteiger partial charge is 0.322 e. The summed E-state index contributed by atoms with van der Waals surface area (Å²) in [7, 11) is 1.55. The van der Waals surface area contributed by atoms with Crippen LogP contribution in [0.2, 0.25) is 0 Å². The summed E-state index contributed by atoms with van der Waals surface area (Å²) < 4.78 is 31.9. The van der Waals surface area contributed by atoms with Crippen LogP contribution in [0.1, 0.15) is 43.7 Å². The highest BCUT2D eigenvalue weighted by Gasteiger charge is 2.67. The third-order valence-electron chi connectivity index (χ3n) is 7.78. The Morgan fingerprint density at radius 1 is 1.29 bits per heavy atom. The van der Waals surface area contributed by atoms with E-state index >= 15 is 0 Å². The second-order valence-corrected chi connectivity index (χ2v) is 9.17. The van der Waals surface area contributed by atoms with Crippen LogP contribution in [-0.2, 0) is 10.2 Å². The van der Waals surface area contributed by atoms with Gasteiger partial charge in [-0.2, -0.15) is 0 Å². The SMILES string of the molecule is COc1ccc(C)c(C23CCN(CC(F)F)C(C)C2(O)CCC2(C3)NC(=O)NC2=O)c1. The van der Waals surface area contributed by atoms with Gasteiger partial charge in [0.05, 0.1) is 19.3 Å². The van der Waals surface area contributed by atoms with Gasteiger partial charge in [0.15, 0.2) is 0 Å². The highest BCUT2D eigenvalue weighted by molar-refractivity contribution is 6.07. The number of benzene rings is 1. The van der Waals surface area contributed by atoms with Crippen molar-refractivity contribution < 1.29 is 28.2 Å². The first-order valence-electron chi connectivity index (χ1n) is 10.6. The number of rotatable bonds is 4. The number of nitrogens with one attached hydrogen (secondary N) is 2. The number of halogens is 2. The van der Waals surface area contributed by atoms with Gasteiger partial charge in [-0.05, 0) is 69.3 Å². The Bertz CT molecular complexity index is 913. The molecule has 0 bridgehead atoms. The second-order valence-electron chi connectivity index (χ2n) is 9.17. The number of ether oxygens (including phenoxy) is 1. The molecule has 0 radical (unpaired) electrons. The number of carbonyl (C=O) groups is 2. The third kappa shape index (κ3) is 3.20. The highest BCUT2D eigenvalue weighted by atomic mass is 19.3. The monoisotopic (exact) mass is 437 g/mol. The standard InChI is InChI=1S/C22H29F2N3O4/c1-13-4-5-15(31-3)10-16(13)20-8-9-27(11-17(23)24)14(2)22(20,30)7-6-21(12-20)18(28)25-19(29)26-21/h4-5,10,14,17,30H,6-9,11-12H2,1-3H3,(H2,25,26,28,29). The normalized spacial score (nSPS) is 35.8. The zero-order valence-electron chi connectivity index (χ0n) is 18.0. The number of methoxy groups -OCH3 is 1. The molecule has 3 aliphatic rings. The van der Waals surface area contributed by atoms with Crippen LogP contribution >= 0.6 is 0 Å². The Morgan fingerprint density at radius 3 is 2.65 bits per heavy atom. The lowest BCUT2D eigenvalue weighted by Crippen LogP contribution is -2.73. The number of hydrogen-bond donors (Lipinski definition) is 3. The van der Waals surface area contributed by atoms with Crippen LogP contribution in [-0.4, -0.2) is 65.8 Å². The van der Waals surface area contributed by atoms with Crippen molar-refractivity contribution in [2.45, 2.75) is 68.6 Å². The molecular formula is C22H29F2N3O4. The summed E-state index contributed by atoms with van der Waals surface area (Å²) in [6, 6.07) is 4.49. The minimum atomic E-state index is -2.51. The van der Waals surface area contributed by atoms with E-state index in [-0.39, 0.29) is 19.3 Å². The summed E-state index contributed by atoms with van der Waals surface area (Å²) >= 11 is 0. The van der Waals surface area contributed by atoms with Gasteiger partial charge in [0.2, 0.25) is 0 Å². The van der Waals surface area contributed by atoms with Crippen LogP contribution in [0.3, 0.4) is 0 Å². The lowest BCUT2D eigenvalue weighted by molar-refractivity contribution is -0.174. The lowest BCUT2D eigenvalue weighted by Gasteiger charge is -2.62. The number of imide groups is 1. The second kappa shape index (κ2) is 7.41. The maximum atomic E-state index is 13.2. The number of urea groups is 1. The zero-order valence-corrected chi connectivity index (χ0v) is 18.0. The fourth-order valence-corrected chi connectivity index (χ4v) is 6.11. The van der Waals surface area contributed by atoms with Crippen LogP contribution in [0.5, 0.6) is 5.75 Å². The van der Waals surface area contributed by atoms with Gasteiger partial charge in [0.25, 0.3) is 12.3 Å². The topological polar surface area (TPSA) is 90.9 Å². The van der Waals surface area contributed by atoms with Gasteiger partial charge in [-0.25, -0.2) is 13.6 Å². The molecule has 1 aromatic rings. The molecule has 31 heavy (non-hydrogen) atoms. The Morgan fingerprint density at radius 2 is 2.03 bits per heavy atom. The molecule has 1 aliphatic carbocycles. The van der Waals surface area contributed by atoms with Crippen molar-refractivity contribution in [2.75, 3.05) is 20.2 Å². The lowest BCUT2D eigenvalue weighted by atomic mass is 9.49. The number of carbonyl (C=O) groups excluding carboxylic acids is 2. The van der Waals surface area contributed by atoms with E-state index in [9.17, 15) is 23.5 Å². The van der Waals surface area contributed by atoms with Gasteiger partial charge in [0, 0.05) is 11.5 Å². The summed E-state index contributed by atoms with van der Waals surface area (Å²) in [5.74, 6) is 0.210. The number of likely N-dealkylation sites (tertiary alicyclic amines) is 1. The average molecular weight is 437 g/mol. The first-order valence-corrected chi connectivity index (χ1v) is 10.6. The van der Waals surface area contributed by atoms with Gasteiger partial charge in [-0.1, -0.05) is 6.07 Å². The van der Waals surface area contributed by atoms with E-state index in [1.54, 1.807) is 18.9 Å². The number of aliphatic hydroxyl groups is 1. The number of alkyl halides is 2.